The second-order valence-electron chi connectivity index (χ2n) is 16.7. The Hall–Kier alpha value is -1.62. The molecule has 0 saturated heterocycles. The number of hydrogen-bond acceptors (Lipinski definition) is 5. The standard InChI is InChI=1S/C51H96O5/c1-4-7-10-13-16-19-22-23-24-25-26-27-28-29-31-32-35-38-41-44-50(52)55-48-49(47-54-46-43-40-37-34-21-18-15-12-9-6-3)56-51(53)45-42-39-36-33-30-20-17-14-11-8-5-2/h14,17,23-24,49H,4-13,15-16,18-22,25-48H2,1-3H3/b17-14-,24-23-. The lowest BCUT2D eigenvalue weighted by atomic mass is 10.1. The molecule has 0 aromatic heterocycles. The van der Waals surface area contributed by atoms with Gasteiger partial charge < -0.3 is 14.2 Å². The van der Waals surface area contributed by atoms with Crippen molar-refractivity contribution in [2.45, 2.75) is 271 Å². The molecule has 0 radical (unpaired) electrons. The number of unbranched alkanes of at least 4 members (excludes halogenated alkanes) is 31. The molecule has 0 aliphatic rings. The summed E-state index contributed by atoms with van der Waals surface area (Å²) in [7, 11) is 0. The Bertz CT molecular complexity index is 851. The van der Waals surface area contributed by atoms with E-state index in [9.17, 15) is 9.59 Å². The predicted molar refractivity (Wildman–Crippen MR) is 242 cm³/mol. The molecule has 0 rings (SSSR count). The number of ether oxygens (including phenoxy) is 3. The molecule has 0 spiro atoms. The van der Waals surface area contributed by atoms with Crippen LogP contribution in [0.3, 0.4) is 0 Å². The highest BCUT2D eigenvalue weighted by atomic mass is 16.6. The second kappa shape index (κ2) is 47.8. The van der Waals surface area contributed by atoms with E-state index in [0.717, 1.165) is 44.9 Å². The zero-order valence-corrected chi connectivity index (χ0v) is 37.9. The molecule has 0 amide bonds. The van der Waals surface area contributed by atoms with Crippen LogP contribution in [0.4, 0.5) is 0 Å². The van der Waals surface area contributed by atoms with E-state index in [4.69, 9.17) is 14.2 Å². The van der Waals surface area contributed by atoms with Gasteiger partial charge in [0, 0.05) is 19.4 Å². The van der Waals surface area contributed by atoms with Gasteiger partial charge in [0.05, 0.1) is 6.61 Å². The lowest BCUT2D eigenvalue weighted by molar-refractivity contribution is -0.163. The fourth-order valence-corrected chi connectivity index (χ4v) is 7.19. The van der Waals surface area contributed by atoms with Crippen LogP contribution >= 0.6 is 0 Å². The first kappa shape index (κ1) is 54.4. The smallest absolute Gasteiger partial charge is 0.306 e. The van der Waals surface area contributed by atoms with Gasteiger partial charge >= 0.3 is 11.9 Å². The molecule has 1 atom stereocenters. The Morgan fingerprint density at radius 3 is 1.14 bits per heavy atom. The summed E-state index contributed by atoms with van der Waals surface area (Å²) in [5, 5.41) is 0. The zero-order chi connectivity index (χ0) is 40.7. The van der Waals surface area contributed by atoms with Crippen molar-refractivity contribution in [3.05, 3.63) is 24.3 Å². The number of hydrogen-bond donors (Lipinski definition) is 0. The van der Waals surface area contributed by atoms with Gasteiger partial charge in [0.1, 0.15) is 6.61 Å². The Balaban J connectivity index is 4.13. The molecule has 330 valence electrons. The van der Waals surface area contributed by atoms with E-state index in [-0.39, 0.29) is 25.2 Å². The minimum absolute atomic E-state index is 0.0866. The molecule has 0 fully saturated rings. The van der Waals surface area contributed by atoms with E-state index in [0.29, 0.717) is 19.4 Å². The number of carbonyl (C=O) groups is 2. The fraction of sp³-hybridized carbons (Fsp3) is 0.882. The van der Waals surface area contributed by atoms with Crippen LogP contribution in [0, 0.1) is 0 Å². The highest BCUT2D eigenvalue weighted by Crippen LogP contribution is 2.15. The molecule has 0 saturated carbocycles. The molecule has 0 aromatic carbocycles. The van der Waals surface area contributed by atoms with Crippen LogP contribution in [-0.4, -0.2) is 37.9 Å². The average molecular weight is 789 g/mol. The van der Waals surface area contributed by atoms with Crippen molar-refractivity contribution in [3.8, 4) is 0 Å². The van der Waals surface area contributed by atoms with Gasteiger partial charge in [0.15, 0.2) is 6.10 Å². The average Bonchev–Trinajstić information content (AvgIpc) is 3.20. The number of esters is 2. The summed E-state index contributed by atoms with van der Waals surface area (Å²) in [6, 6.07) is 0. The van der Waals surface area contributed by atoms with Gasteiger partial charge in [-0.25, -0.2) is 0 Å². The van der Waals surface area contributed by atoms with Crippen molar-refractivity contribution < 1.29 is 23.8 Å². The first-order valence-electron chi connectivity index (χ1n) is 24.9. The highest BCUT2D eigenvalue weighted by Gasteiger charge is 2.17. The molecule has 0 bridgehead atoms. The lowest BCUT2D eigenvalue weighted by Crippen LogP contribution is -2.30. The van der Waals surface area contributed by atoms with Gasteiger partial charge in [-0.3, -0.25) is 9.59 Å². The van der Waals surface area contributed by atoms with E-state index in [2.05, 4.69) is 45.1 Å². The summed E-state index contributed by atoms with van der Waals surface area (Å²) >= 11 is 0. The molecule has 1 unspecified atom stereocenters. The van der Waals surface area contributed by atoms with Crippen LogP contribution in [0.2, 0.25) is 0 Å². The normalized spacial score (nSPS) is 12.3. The maximum absolute atomic E-state index is 12.7. The molecular formula is C51H96O5. The van der Waals surface area contributed by atoms with E-state index < -0.39 is 6.10 Å². The van der Waals surface area contributed by atoms with Crippen LogP contribution in [0.5, 0.6) is 0 Å². The topological polar surface area (TPSA) is 61.8 Å². The minimum Gasteiger partial charge on any atom is -0.462 e. The minimum atomic E-state index is -0.532. The van der Waals surface area contributed by atoms with Crippen molar-refractivity contribution in [1.82, 2.24) is 0 Å². The third-order valence-corrected chi connectivity index (χ3v) is 11.0. The summed E-state index contributed by atoms with van der Waals surface area (Å²) < 4.78 is 17.3. The molecule has 0 heterocycles. The van der Waals surface area contributed by atoms with E-state index >= 15 is 0 Å². The third-order valence-electron chi connectivity index (χ3n) is 11.0. The maximum atomic E-state index is 12.7. The van der Waals surface area contributed by atoms with Crippen LogP contribution in [0.1, 0.15) is 265 Å². The van der Waals surface area contributed by atoms with Gasteiger partial charge in [0.2, 0.25) is 0 Å². The van der Waals surface area contributed by atoms with Gasteiger partial charge in [-0.2, -0.15) is 0 Å². The van der Waals surface area contributed by atoms with Crippen molar-refractivity contribution in [1.29, 1.82) is 0 Å². The highest BCUT2D eigenvalue weighted by molar-refractivity contribution is 5.70. The summed E-state index contributed by atoms with van der Waals surface area (Å²) in [5.41, 5.74) is 0. The third kappa shape index (κ3) is 45.1. The Kier molecular flexibility index (Phi) is 46.4. The van der Waals surface area contributed by atoms with Gasteiger partial charge in [0.25, 0.3) is 0 Å². The Labute approximate surface area is 349 Å². The van der Waals surface area contributed by atoms with Crippen molar-refractivity contribution >= 4 is 11.9 Å². The Morgan fingerprint density at radius 2 is 0.714 bits per heavy atom. The number of carbonyl (C=O) groups excluding carboxylic acids is 2. The van der Waals surface area contributed by atoms with Crippen LogP contribution in [-0.2, 0) is 23.8 Å². The molecule has 0 aromatic rings. The van der Waals surface area contributed by atoms with Crippen LogP contribution in [0.25, 0.3) is 0 Å². The predicted octanol–water partition coefficient (Wildman–Crippen LogP) is 16.5. The first-order valence-corrected chi connectivity index (χ1v) is 24.9. The molecule has 56 heavy (non-hydrogen) atoms. The summed E-state index contributed by atoms with van der Waals surface area (Å²) in [4.78, 5) is 25.3. The zero-order valence-electron chi connectivity index (χ0n) is 37.9. The van der Waals surface area contributed by atoms with Gasteiger partial charge in [-0.1, -0.05) is 212 Å². The van der Waals surface area contributed by atoms with E-state index in [1.807, 2.05) is 0 Å². The SMILES string of the molecule is CCCC/C=C\CCCCCCCC(=O)OC(COCCCCCCCCCCCC)COC(=O)CCCCCCCCCCC/C=C\CCCCCCCC. The van der Waals surface area contributed by atoms with Crippen molar-refractivity contribution in [2.75, 3.05) is 19.8 Å². The van der Waals surface area contributed by atoms with Crippen molar-refractivity contribution in [3.63, 3.8) is 0 Å². The summed E-state index contributed by atoms with van der Waals surface area (Å²) in [6.45, 7) is 7.81. The van der Waals surface area contributed by atoms with Crippen LogP contribution < -0.4 is 0 Å². The molecule has 5 nitrogen and oxygen atoms in total. The summed E-state index contributed by atoms with van der Waals surface area (Å²) in [5.74, 6) is -0.398. The second-order valence-corrected chi connectivity index (χ2v) is 16.7. The van der Waals surface area contributed by atoms with Gasteiger partial charge in [-0.15, -0.1) is 0 Å². The molecule has 0 N–H and O–H groups in total. The van der Waals surface area contributed by atoms with Crippen molar-refractivity contribution in [2.24, 2.45) is 0 Å². The quantitative estimate of drug-likeness (QED) is 0.0349. The van der Waals surface area contributed by atoms with E-state index in [1.54, 1.807) is 0 Å². The number of allylic oxidation sites excluding steroid dienone is 4. The monoisotopic (exact) mass is 789 g/mol. The van der Waals surface area contributed by atoms with Crippen LogP contribution in [0.15, 0.2) is 24.3 Å². The fourth-order valence-electron chi connectivity index (χ4n) is 7.19. The largest absolute Gasteiger partial charge is 0.462 e. The maximum Gasteiger partial charge on any atom is 0.306 e. The summed E-state index contributed by atoms with van der Waals surface area (Å²) in [6.07, 6.45) is 54.7. The molecule has 5 heteroatoms. The van der Waals surface area contributed by atoms with E-state index in [1.165, 1.54) is 186 Å². The first-order chi connectivity index (χ1) is 27.6. The molecular weight excluding hydrogens is 693 g/mol. The lowest BCUT2D eigenvalue weighted by Gasteiger charge is -2.18. The van der Waals surface area contributed by atoms with Gasteiger partial charge in [-0.05, 0) is 64.2 Å². The number of rotatable bonds is 46. The Morgan fingerprint density at radius 1 is 0.375 bits per heavy atom. The molecule has 0 aliphatic heterocycles. The molecule has 0 aliphatic carbocycles.